The van der Waals surface area contributed by atoms with E-state index in [1.165, 1.54) is 49.4 Å². The lowest BCUT2D eigenvalue weighted by Gasteiger charge is -2.41. The molecular weight excluding hydrogens is 636 g/mol. The van der Waals surface area contributed by atoms with Gasteiger partial charge in [0.15, 0.2) is 29.2 Å². The van der Waals surface area contributed by atoms with Crippen molar-refractivity contribution in [2.45, 2.75) is 75.1 Å². The van der Waals surface area contributed by atoms with Crippen LogP contribution in [-0.2, 0) is 19.0 Å². The standard InChI is InChI=1S/C31H34ClF2NO11/c1-13(7-8-42-19-6-4-16(32)11-17(19)33)27-23(37)21(34)31(46-27)45-20-5-3-15(10-18(20)36)9-14(2)30(41)35-22-24(38)26(40)29-28(25(22)39)43-12-44-29/h3-7,9-11,21-29,31,36-40H,8,12H2,1-2H3,(H,35,41)/t21-,22+,23-,24-,25+,26+,27+,28-,29+,31+/m0/s1. The van der Waals surface area contributed by atoms with Crippen molar-refractivity contribution in [2.75, 3.05) is 13.4 Å². The minimum Gasteiger partial charge on any atom is -0.504 e. The van der Waals surface area contributed by atoms with Gasteiger partial charge in [-0.15, -0.1) is 0 Å². The number of amides is 1. The molecule has 1 amide bonds. The van der Waals surface area contributed by atoms with Gasteiger partial charge >= 0.3 is 0 Å². The second-order valence-corrected chi connectivity index (χ2v) is 11.7. The largest absolute Gasteiger partial charge is 0.504 e. The highest BCUT2D eigenvalue weighted by Crippen LogP contribution is 2.35. The Labute approximate surface area is 267 Å². The van der Waals surface area contributed by atoms with Gasteiger partial charge in [0.2, 0.25) is 12.2 Å². The average Bonchev–Trinajstić information content (AvgIpc) is 3.62. The Bertz CT molecular complexity index is 1490. The lowest BCUT2D eigenvalue weighted by Crippen LogP contribution is -2.67. The predicted molar refractivity (Wildman–Crippen MR) is 157 cm³/mol. The Kier molecular flexibility index (Phi) is 10.5. The lowest BCUT2D eigenvalue weighted by molar-refractivity contribution is -0.155. The van der Waals surface area contributed by atoms with Gasteiger partial charge in [0.1, 0.15) is 56.1 Å². The van der Waals surface area contributed by atoms with E-state index < -0.39 is 78.7 Å². The van der Waals surface area contributed by atoms with Crippen LogP contribution < -0.4 is 14.8 Å². The van der Waals surface area contributed by atoms with E-state index in [1.54, 1.807) is 6.92 Å². The van der Waals surface area contributed by atoms with E-state index in [9.17, 15) is 39.1 Å². The van der Waals surface area contributed by atoms with Crippen molar-refractivity contribution < 1.29 is 62.8 Å². The number of halogens is 3. The molecule has 46 heavy (non-hydrogen) atoms. The summed E-state index contributed by atoms with van der Waals surface area (Å²) in [5, 5.41) is 55.0. The number of alkyl halides is 1. The van der Waals surface area contributed by atoms with E-state index in [1.807, 2.05) is 0 Å². The van der Waals surface area contributed by atoms with Crippen LogP contribution in [0.2, 0.25) is 5.02 Å². The van der Waals surface area contributed by atoms with Crippen LogP contribution in [0.3, 0.4) is 0 Å². The number of aliphatic hydroxyl groups is 4. The van der Waals surface area contributed by atoms with Crippen LogP contribution in [0.4, 0.5) is 8.78 Å². The number of nitrogens with one attached hydrogen (secondary N) is 1. The monoisotopic (exact) mass is 669 g/mol. The first-order valence-electron chi connectivity index (χ1n) is 14.3. The van der Waals surface area contributed by atoms with Gasteiger partial charge in [0.05, 0.1) is 6.04 Å². The molecule has 6 N–H and O–H groups in total. The Morgan fingerprint density at radius 1 is 1.02 bits per heavy atom. The number of phenols is 1. The predicted octanol–water partition coefficient (Wildman–Crippen LogP) is 1.74. The van der Waals surface area contributed by atoms with Crippen LogP contribution in [0.15, 0.2) is 53.6 Å². The number of aliphatic hydroxyl groups excluding tert-OH is 4. The molecule has 0 aromatic heterocycles. The third-order valence-electron chi connectivity index (χ3n) is 8.03. The fraction of sp³-hybridized carbons (Fsp3) is 0.452. The molecule has 2 heterocycles. The molecule has 3 fully saturated rings. The van der Waals surface area contributed by atoms with Gasteiger partial charge in [-0.3, -0.25) is 4.79 Å². The van der Waals surface area contributed by atoms with Gasteiger partial charge in [-0.25, -0.2) is 8.78 Å². The third-order valence-corrected chi connectivity index (χ3v) is 8.27. The highest BCUT2D eigenvalue weighted by molar-refractivity contribution is 6.30. The Balaban J connectivity index is 1.18. The van der Waals surface area contributed by atoms with E-state index in [-0.39, 0.29) is 35.5 Å². The number of phenolic OH excluding ortho intramolecular Hbond substituents is 1. The molecule has 1 aliphatic carbocycles. The summed E-state index contributed by atoms with van der Waals surface area (Å²) < 4.78 is 55.8. The minimum atomic E-state index is -1.98. The molecule has 0 unspecified atom stereocenters. The first-order valence-corrected chi connectivity index (χ1v) is 14.7. The van der Waals surface area contributed by atoms with Crippen molar-refractivity contribution >= 4 is 23.6 Å². The first kappa shape index (κ1) is 34.0. The van der Waals surface area contributed by atoms with E-state index in [0.717, 1.165) is 6.07 Å². The Hall–Kier alpha value is -3.34. The van der Waals surface area contributed by atoms with Crippen LogP contribution >= 0.6 is 11.6 Å². The van der Waals surface area contributed by atoms with E-state index in [2.05, 4.69) is 5.32 Å². The SMILES string of the molecule is CC(=Cc1ccc(O[C@@H]2O[C@H](C(C)=CCOc3ccc(Cl)cc3F)[C@@H](O)[C@@H]2F)c(O)c1)C(=O)N[C@@H]1[C@H](O)[C@@H](O)[C@H]2OCO[C@H]2[C@@H]1O. The summed E-state index contributed by atoms with van der Waals surface area (Å²) in [6, 6.07) is 6.73. The Morgan fingerprint density at radius 2 is 1.72 bits per heavy atom. The van der Waals surface area contributed by atoms with Crippen molar-refractivity contribution in [1.29, 1.82) is 0 Å². The van der Waals surface area contributed by atoms with Crippen LogP contribution in [0.1, 0.15) is 19.4 Å². The molecule has 10 atom stereocenters. The topological polar surface area (TPSA) is 176 Å². The number of fused-ring (bicyclic) bond motifs is 1. The number of hydrogen-bond acceptors (Lipinski definition) is 11. The number of benzene rings is 2. The fourth-order valence-electron chi connectivity index (χ4n) is 5.45. The normalized spacial score (nSPS) is 33.1. The van der Waals surface area contributed by atoms with E-state index in [0.29, 0.717) is 11.1 Å². The first-order chi connectivity index (χ1) is 21.8. The second-order valence-electron chi connectivity index (χ2n) is 11.2. The molecule has 0 radical (unpaired) electrons. The lowest BCUT2D eigenvalue weighted by atomic mass is 9.83. The van der Waals surface area contributed by atoms with Crippen LogP contribution in [0.5, 0.6) is 17.2 Å². The van der Waals surface area contributed by atoms with Gasteiger partial charge in [-0.2, -0.15) is 0 Å². The van der Waals surface area contributed by atoms with Crippen molar-refractivity contribution in [3.63, 3.8) is 0 Å². The third kappa shape index (κ3) is 7.14. The summed E-state index contributed by atoms with van der Waals surface area (Å²) in [4.78, 5) is 12.8. The van der Waals surface area contributed by atoms with Gasteiger partial charge in [0.25, 0.3) is 0 Å². The van der Waals surface area contributed by atoms with Gasteiger partial charge in [-0.05, 0) is 67.5 Å². The highest BCUT2D eigenvalue weighted by Gasteiger charge is 2.53. The smallest absolute Gasteiger partial charge is 0.247 e. The summed E-state index contributed by atoms with van der Waals surface area (Å²) in [6.07, 6.45) is -9.45. The molecular formula is C31H34ClF2NO11. The molecule has 1 saturated carbocycles. The number of aromatic hydroxyl groups is 1. The van der Waals surface area contributed by atoms with Crippen molar-refractivity contribution in [1.82, 2.24) is 5.32 Å². The van der Waals surface area contributed by atoms with Gasteiger partial charge in [-0.1, -0.05) is 17.7 Å². The maximum Gasteiger partial charge on any atom is 0.247 e. The molecule has 250 valence electrons. The van der Waals surface area contributed by atoms with Gasteiger partial charge in [0, 0.05) is 10.6 Å². The quantitative estimate of drug-likeness (QED) is 0.169. The molecule has 5 rings (SSSR count). The van der Waals surface area contributed by atoms with E-state index in [4.69, 9.17) is 35.3 Å². The van der Waals surface area contributed by atoms with Crippen LogP contribution in [0, 0.1) is 5.82 Å². The zero-order valence-corrected chi connectivity index (χ0v) is 25.4. The maximum absolute atomic E-state index is 14.9. The molecule has 0 bridgehead atoms. The minimum absolute atomic E-state index is 0.0372. The molecule has 2 saturated heterocycles. The number of carbonyl (C=O) groups is 1. The van der Waals surface area contributed by atoms with Crippen molar-refractivity contribution in [3.8, 4) is 17.2 Å². The molecule has 2 aromatic carbocycles. The van der Waals surface area contributed by atoms with Crippen molar-refractivity contribution in [2.24, 2.45) is 0 Å². The number of rotatable bonds is 9. The molecule has 2 aliphatic heterocycles. The van der Waals surface area contributed by atoms with Gasteiger partial charge < -0.3 is 54.5 Å². The fourth-order valence-corrected chi connectivity index (χ4v) is 5.61. The number of carbonyl (C=O) groups excluding carboxylic acids is 1. The zero-order chi connectivity index (χ0) is 33.3. The number of hydrogen-bond donors (Lipinski definition) is 6. The maximum atomic E-state index is 14.9. The highest BCUT2D eigenvalue weighted by atomic mass is 35.5. The summed E-state index contributed by atoms with van der Waals surface area (Å²) in [7, 11) is 0. The number of ether oxygens (including phenoxy) is 5. The Morgan fingerprint density at radius 3 is 2.41 bits per heavy atom. The van der Waals surface area contributed by atoms with Crippen molar-refractivity contribution in [3.05, 3.63) is 70.0 Å². The molecule has 3 aliphatic rings. The summed E-state index contributed by atoms with van der Waals surface area (Å²) >= 11 is 5.73. The second kappa shape index (κ2) is 14.2. The zero-order valence-electron chi connectivity index (χ0n) is 24.6. The molecule has 15 heteroatoms. The summed E-state index contributed by atoms with van der Waals surface area (Å²) in [5.41, 5.74) is 0.889. The molecule has 0 spiro atoms. The average molecular weight is 670 g/mol. The van der Waals surface area contributed by atoms with Crippen LogP contribution in [0.25, 0.3) is 6.08 Å². The van der Waals surface area contributed by atoms with Crippen LogP contribution in [-0.4, -0.2) is 106 Å². The summed E-state index contributed by atoms with van der Waals surface area (Å²) in [6.45, 7) is 2.77. The molecule has 12 nitrogen and oxygen atoms in total. The molecule has 2 aromatic rings. The van der Waals surface area contributed by atoms with E-state index >= 15 is 0 Å². The summed E-state index contributed by atoms with van der Waals surface area (Å²) in [5.74, 6) is -1.92.